The Balaban J connectivity index is 1.53. The number of ether oxygens (including phenoxy) is 1. The zero-order valence-corrected chi connectivity index (χ0v) is 13.6. The van der Waals surface area contributed by atoms with Crippen molar-refractivity contribution in [1.29, 1.82) is 0 Å². The third-order valence-corrected chi connectivity index (χ3v) is 4.22. The van der Waals surface area contributed by atoms with Gasteiger partial charge in [0.15, 0.2) is 0 Å². The Hall–Kier alpha value is -2.07. The van der Waals surface area contributed by atoms with Crippen LogP contribution in [0.2, 0.25) is 5.15 Å². The molecule has 1 fully saturated rings. The van der Waals surface area contributed by atoms with E-state index in [9.17, 15) is 4.79 Å². The van der Waals surface area contributed by atoms with Gasteiger partial charge in [-0.1, -0.05) is 30.5 Å². The SMILES string of the molecule is O=C(NC1CCCC1)c1ccc(OCc2ccc(Cl)nc2)cc1. The van der Waals surface area contributed by atoms with Gasteiger partial charge in [0.25, 0.3) is 5.91 Å². The van der Waals surface area contributed by atoms with Crippen LogP contribution in [0.4, 0.5) is 0 Å². The van der Waals surface area contributed by atoms with Gasteiger partial charge >= 0.3 is 0 Å². The normalized spacial score (nSPS) is 14.7. The van der Waals surface area contributed by atoms with Crippen molar-refractivity contribution in [2.45, 2.75) is 38.3 Å². The number of nitrogens with zero attached hydrogens (tertiary/aromatic N) is 1. The van der Waals surface area contributed by atoms with Crippen molar-refractivity contribution in [1.82, 2.24) is 10.3 Å². The summed E-state index contributed by atoms with van der Waals surface area (Å²) in [6.07, 6.45) is 6.27. The Kier molecular flexibility index (Phi) is 5.13. The van der Waals surface area contributed by atoms with Gasteiger partial charge in [0.2, 0.25) is 0 Å². The fourth-order valence-corrected chi connectivity index (χ4v) is 2.81. The van der Waals surface area contributed by atoms with Gasteiger partial charge in [-0.2, -0.15) is 0 Å². The van der Waals surface area contributed by atoms with Gasteiger partial charge in [-0.3, -0.25) is 4.79 Å². The Bertz CT molecular complexity index is 650. The second kappa shape index (κ2) is 7.47. The van der Waals surface area contributed by atoms with Crippen LogP contribution in [0, 0.1) is 0 Å². The van der Waals surface area contributed by atoms with E-state index in [1.807, 2.05) is 18.2 Å². The average Bonchev–Trinajstić information content (AvgIpc) is 3.08. The van der Waals surface area contributed by atoms with Crippen molar-refractivity contribution in [3.63, 3.8) is 0 Å². The highest BCUT2D eigenvalue weighted by Gasteiger charge is 2.17. The van der Waals surface area contributed by atoms with Crippen molar-refractivity contribution in [3.05, 3.63) is 58.9 Å². The van der Waals surface area contributed by atoms with Gasteiger partial charge in [0.05, 0.1) is 0 Å². The van der Waals surface area contributed by atoms with Crippen molar-refractivity contribution in [2.24, 2.45) is 0 Å². The van der Waals surface area contributed by atoms with Crippen LogP contribution >= 0.6 is 11.6 Å². The first-order valence-corrected chi connectivity index (χ1v) is 8.23. The molecule has 1 aliphatic carbocycles. The molecule has 23 heavy (non-hydrogen) atoms. The first-order valence-electron chi connectivity index (χ1n) is 7.85. The van der Waals surface area contributed by atoms with Crippen molar-refractivity contribution in [2.75, 3.05) is 0 Å². The maximum atomic E-state index is 12.2. The monoisotopic (exact) mass is 330 g/mol. The number of halogens is 1. The van der Waals surface area contributed by atoms with Crippen LogP contribution in [-0.4, -0.2) is 16.9 Å². The summed E-state index contributed by atoms with van der Waals surface area (Å²) in [6.45, 7) is 0.414. The summed E-state index contributed by atoms with van der Waals surface area (Å²) < 4.78 is 5.69. The predicted molar refractivity (Wildman–Crippen MR) is 89.7 cm³/mol. The number of rotatable bonds is 5. The summed E-state index contributed by atoms with van der Waals surface area (Å²) >= 11 is 5.75. The highest BCUT2D eigenvalue weighted by Crippen LogP contribution is 2.19. The van der Waals surface area contributed by atoms with Gasteiger partial charge in [0, 0.05) is 23.4 Å². The Labute approximate surface area is 140 Å². The lowest BCUT2D eigenvalue weighted by atomic mass is 10.1. The lowest BCUT2D eigenvalue weighted by molar-refractivity contribution is 0.0938. The maximum Gasteiger partial charge on any atom is 0.251 e. The molecule has 0 radical (unpaired) electrons. The second-order valence-electron chi connectivity index (χ2n) is 5.76. The van der Waals surface area contributed by atoms with E-state index in [0.29, 0.717) is 23.4 Å². The summed E-state index contributed by atoms with van der Waals surface area (Å²) in [6, 6.07) is 11.1. The number of hydrogen-bond donors (Lipinski definition) is 1. The van der Waals surface area contributed by atoms with E-state index in [1.165, 1.54) is 12.8 Å². The molecule has 3 rings (SSSR count). The fourth-order valence-electron chi connectivity index (χ4n) is 2.70. The molecule has 2 aromatic rings. The summed E-state index contributed by atoms with van der Waals surface area (Å²) in [5.41, 5.74) is 1.61. The number of hydrogen-bond acceptors (Lipinski definition) is 3. The molecule has 120 valence electrons. The molecule has 5 heteroatoms. The van der Waals surface area contributed by atoms with Crippen LogP contribution < -0.4 is 10.1 Å². The van der Waals surface area contributed by atoms with E-state index in [0.717, 1.165) is 24.2 Å². The highest BCUT2D eigenvalue weighted by atomic mass is 35.5. The fraction of sp³-hybridized carbons (Fsp3) is 0.333. The summed E-state index contributed by atoms with van der Waals surface area (Å²) in [7, 11) is 0. The summed E-state index contributed by atoms with van der Waals surface area (Å²) in [5.74, 6) is 0.711. The molecule has 1 saturated carbocycles. The van der Waals surface area contributed by atoms with E-state index >= 15 is 0 Å². The molecule has 1 aromatic heterocycles. The minimum atomic E-state index is -0.00893. The zero-order valence-electron chi connectivity index (χ0n) is 12.8. The Morgan fingerprint density at radius 2 is 1.91 bits per heavy atom. The number of benzene rings is 1. The van der Waals surface area contributed by atoms with E-state index in [2.05, 4.69) is 10.3 Å². The van der Waals surface area contributed by atoms with Crippen LogP contribution in [0.5, 0.6) is 5.75 Å². The van der Waals surface area contributed by atoms with E-state index in [1.54, 1.807) is 24.4 Å². The van der Waals surface area contributed by atoms with E-state index in [4.69, 9.17) is 16.3 Å². The molecule has 4 nitrogen and oxygen atoms in total. The molecule has 0 aliphatic heterocycles. The smallest absolute Gasteiger partial charge is 0.251 e. The first-order chi connectivity index (χ1) is 11.2. The van der Waals surface area contributed by atoms with Crippen molar-refractivity contribution < 1.29 is 9.53 Å². The summed E-state index contributed by atoms with van der Waals surface area (Å²) in [4.78, 5) is 16.2. The largest absolute Gasteiger partial charge is 0.489 e. The second-order valence-corrected chi connectivity index (χ2v) is 6.14. The molecule has 0 unspecified atom stereocenters. The Morgan fingerprint density at radius 1 is 1.17 bits per heavy atom. The predicted octanol–water partition coefficient (Wildman–Crippen LogP) is 3.99. The van der Waals surface area contributed by atoms with Crippen LogP contribution in [0.1, 0.15) is 41.6 Å². The number of carbonyl (C=O) groups excluding carboxylic acids is 1. The molecule has 1 aliphatic rings. The molecular weight excluding hydrogens is 312 g/mol. The molecule has 1 aromatic carbocycles. The zero-order chi connectivity index (χ0) is 16.1. The molecule has 0 spiro atoms. The number of pyridine rings is 1. The van der Waals surface area contributed by atoms with Gasteiger partial charge in [-0.25, -0.2) is 4.98 Å². The third-order valence-electron chi connectivity index (χ3n) is 4.00. The minimum absolute atomic E-state index is 0.00893. The highest BCUT2D eigenvalue weighted by molar-refractivity contribution is 6.29. The van der Waals surface area contributed by atoms with E-state index in [-0.39, 0.29) is 5.91 Å². The van der Waals surface area contributed by atoms with Gasteiger partial charge in [-0.05, 0) is 43.2 Å². The van der Waals surface area contributed by atoms with Gasteiger partial charge in [-0.15, -0.1) is 0 Å². The summed E-state index contributed by atoms with van der Waals surface area (Å²) in [5, 5.41) is 3.54. The quantitative estimate of drug-likeness (QED) is 0.843. The molecular formula is C18H19ClN2O2. The molecule has 0 bridgehead atoms. The molecule has 0 saturated heterocycles. The Morgan fingerprint density at radius 3 is 2.57 bits per heavy atom. The van der Waals surface area contributed by atoms with E-state index < -0.39 is 0 Å². The van der Waals surface area contributed by atoms with Crippen LogP contribution in [0.25, 0.3) is 0 Å². The average molecular weight is 331 g/mol. The maximum absolute atomic E-state index is 12.2. The lowest BCUT2D eigenvalue weighted by Crippen LogP contribution is -2.32. The van der Waals surface area contributed by atoms with Crippen LogP contribution in [0.3, 0.4) is 0 Å². The molecule has 1 amide bonds. The number of nitrogens with one attached hydrogen (secondary N) is 1. The van der Waals surface area contributed by atoms with Crippen molar-refractivity contribution in [3.8, 4) is 5.75 Å². The molecule has 1 N–H and O–H groups in total. The number of carbonyl (C=O) groups is 1. The lowest BCUT2D eigenvalue weighted by Gasteiger charge is -2.12. The third kappa shape index (κ3) is 4.45. The van der Waals surface area contributed by atoms with Crippen LogP contribution in [-0.2, 0) is 6.61 Å². The first kappa shape index (κ1) is 15.8. The van der Waals surface area contributed by atoms with Gasteiger partial charge < -0.3 is 10.1 Å². The topological polar surface area (TPSA) is 51.2 Å². The number of aromatic nitrogens is 1. The van der Waals surface area contributed by atoms with Crippen molar-refractivity contribution >= 4 is 17.5 Å². The van der Waals surface area contributed by atoms with Crippen LogP contribution in [0.15, 0.2) is 42.6 Å². The molecule has 0 atom stereocenters. The minimum Gasteiger partial charge on any atom is -0.489 e. The number of amides is 1. The van der Waals surface area contributed by atoms with Gasteiger partial charge in [0.1, 0.15) is 17.5 Å². The molecule has 1 heterocycles. The standard InChI is InChI=1S/C18H19ClN2O2/c19-17-10-5-13(11-20-17)12-23-16-8-6-14(7-9-16)18(22)21-15-3-1-2-4-15/h5-11,15H,1-4,12H2,(H,21,22).